The van der Waals surface area contributed by atoms with Crippen LogP contribution in [0.4, 0.5) is 4.79 Å². The monoisotopic (exact) mass is 377 g/mol. The van der Waals surface area contributed by atoms with E-state index in [1.807, 2.05) is 12.1 Å². The first kappa shape index (κ1) is 18.4. The second-order valence-corrected chi connectivity index (χ2v) is 7.86. The Morgan fingerprint density at radius 1 is 0.929 bits per heavy atom. The third-order valence-electron chi connectivity index (χ3n) is 6.28. The fourth-order valence-electron chi connectivity index (χ4n) is 4.61. The molecule has 2 N–H and O–H groups in total. The van der Waals surface area contributed by atoms with E-state index in [0.29, 0.717) is 28.2 Å². The lowest BCUT2D eigenvalue weighted by Crippen LogP contribution is -2.37. The number of carbonyl (C=O) groups is 3. The first-order valence-electron chi connectivity index (χ1n) is 9.77. The molecule has 0 heterocycles. The fourth-order valence-corrected chi connectivity index (χ4v) is 4.61. The molecular formula is C23H23NO4. The highest BCUT2D eigenvalue weighted by atomic mass is 16.4. The van der Waals surface area contributed by atoms with Crippen molar-refractivity contribution in [1.29, 1.82) is 0 Å². The standard InChI is InChI=1S/C23H23NO4/c1-13(14-6-9-16(10-7-14)24-23(27)28)15-8-11-19-20(12-15)22(26)18-5-3-2-4-17(18)21(19)25/h2-5,8,11-14,16,24H,6-7,9-10H2,1H3,(H,27,28). The van der Waals surface area contributed by atoms with Crippen LogP contribution in [0, 0.1) is 5.92 Å². The molecule has 5 nitrogen and oxygen atoms in total. The predicted molar refractivity (Wildman–Crippen MR) is 105 cm³/mol. The third-order valence-corrected chi connectivity index (χ3v) is 6.28. The number of hydrogen-bond acceptors (Lipinski definition) is 3. The van der Waals surface area contributed by atoms with E-state index in [4.69, 9.17) is 5.11 Å². The molecule has 1 unspecified atom stereocenters. The van der Waals surface area contributed by atoms with Crippen molar-refractivity contribution in [3.05, 3.63) is 70.3 Å². The molecule has 2 aliphatic rings. The van der Waals surface area contributed by atoms with Gasteiger partial charge in [-0.3, -0.25) is 9.59 Å². The fraction of sp³-hybridized carbons (Fsp3) is 0.348. The quantitative estimate of drug-likeness (QED) is 0.709. The smallest absolute Gasteiger partial charge is 0.404 e. The number of ketones is 2. The minimum absolute atomic E-state index is 0.0279. The average molecular weight is 377 g/mol. The van der Waals surface area contributed by atoms with Crippen LogP contribution >= 0.6 is 0 Å². The lowest BCUT2D eigenvalue weighted by Gasteiger charge is -2.32. The maximum Gasteiger partial charge on any atom is 0.404 e. The molecule has 0 bridgehead atoms. The number of benzene rings is 2. The summed E-state index contributed by atoms with van der Waals surface area (Å²) >= 11 is 0. The third kappa shape index (κ3) is 3.21. The molecule has 1 fully saturated rings. The van der Waals surface area contributed by atoms with Gasteiger partial charge in [0.2, 0.25) is 0 Å². The highest BCUT2D eigenvalue weighted by molar-refractivity contribution is 6.28. The molecule has 0 spiro atoms. The van der Waals surface area contributed by atoms with Gasteiger partial charge in [0.25, 0.3) is 0 Å². The largest absolute Gasteiger partial charge is 0.465 e. The van der Waals surface area contributed by atoms with E-state index in [0.717, 1.165) is 31.2 Å². The molecule has 144 valence electrons. The van der Waals surface area contributed by atoms with E-state index in [-0.39, 0.29) is 23.5 Å². The van der Waals surface area contributed by atoms with E-state index in [2.05, 4.69) is 12.2 Å². The Balaban J connectivity index is 1.55. The maximum absolute atomic E-state index is 12.9. The molecule has 0 aliphatic heterocycles. The molecular weight excluding hydrogens is 354 g/mol. The van der Waals surface area contributed by atoms with Crippen molar-refractivity contribution in [2.24, 2.45) is 5.92 Å². The molecule has 1 atom stereocenters. The second kappa shape index (κ2) is 7.23. The summed E-state index contributed by atoms with van der Waals surface area (Å²) in [6, 6.07) is 12.6. The summed E-state index contributed by atoms with van der Waals surface area (Å²) in [5, 5.41) is 11.5. The summed E-state index contributed by atoms with van der Waals surface area (Å²) < 4.78 is 0. The maximum atomic E-state index is 12.9. The van der Waals surface area contributed by atoms with Gasteiger partial charge in [-0.15, -0.1) is 0 Å². The summed E-state index contributed by atoms with van der Waals surface area (Å²) in [4.78, 5) is 36.5. The molecule has 2 aliphatic carbocycles. The van der Waals surface area contributed by atoms with Crippen LogP contribution in [0.1, 0.15) is 75.9 Å². The lowest BCUT2D eigenvalue weighted by molar-refractivity contribution is 0.0979. The van der Waals surface area contributed by atoms with Crippen LogP contribution < -0.4 is 5.32 Å². The van der Waals surface area contributed by atoms with E-state index >= 15 is 0 Å². The first-order chi connectivity index (χ1) is 13.5. The zero-order valence-corrected chi connectivity index (χ0v) is 15.8. The molecule has 4 rings (SSSR count). The summed E-state index contributed by atoms with van der Waals surface area (Å²) in [6.45, 7) is 2.15. The van der Waals surface area contributed by atoms with Gasteiger partial charge in [-0.25, -0.2) is 4.79 Å². The van der Waals surface area contributed by atoms with Gasteiger partial charge in [0, 0.05) is 28.3 Å². The Morgan fingerprint density at radius 2 is 1.50 bits per heavy atom. The van der Waals surface area contributed by atoms with Gasteiger partial charge in [0.15, 0.2) is 11.6 Å². The van der Waals surface area contributed by atoms with Crippen molar-refractivity contribution in [1.82, 2.24) is 5.32 Å². The minimum Gasteiger partial charge on any atom is -0.465 e. The predicted octanol–water partition coefficient (Wildman–Crippen LogP) is 4.39. The highest BCUT2D eigenvalue weighted by Gasteiger charge is 2.31. The van der Waals surface area contributed by atoms with Gasteiger partial charge in [0.1, 0.15) is 0 Å². The van der Waals surface area contributed by atoms with Gasteiger partial charge in [-0.2, -0.15) is 0 Å². The molecule has 28 heavy (non-hydrogen) atoms. The Hall–Kier alpha value is -2.95. The number of carboxylic acid groups (broad SMARTS) is 1. The summed E-state index contributed by atoms with van der Waals surface area (Å²) in [6.07, 6.45) is 2.58. The van der Waals surface area contributed by atoms with E-state index < -0.39 is 6.09 Å². The van der Waals surface area contributed by atoms with E-state index in [9.17, 15) is 14.4 Å². The number of rotatable bonds is 3. The Kier molecular flexibility index (Phi) is 4.75. The highest BCUT2D eigenvalue weighted by Crippen LogP contribution is 2.37. The topological polar surface area (TPSA) is 83.5 Å². The van der Waals surface area contributed by atoms with Crippen molar-refractivity contribution >= 4 is 17.7 Å². The number of hydrogen-bond donors (Lipinski definition) is 2. The van der Waals surface area contributed by atoms with E-state index in [1.54, 1.807) is 30.3 Å². The first-order valence-corrected chi connectivity index (χ1v) is 9.77. The Labute approximate surface area is 163 Å². The van der Waals surface area contributed by atoms with Gasteiger partial charge in [-0.05, 0) is 49.1 Å². The molecule has 2 aromatic rings. The molecule has 1 amide bonds. The summed E-state index contributed by atoms with van der Waals surface area (Å²) in [5.41, 5.74) is 2.99. The zero-order chi connectivity index (χ0) is 19.8. The summed E-state index contributed by atoms with van der Waals surface area (Å²) in [5.74, 6) is 0.501. The van der Waals surface area contributed by atoms with Gasteiger partial charge < -0.3 is 10.4 Å². The van der Waals surface area contributed by atoms with Crippen molar-refractivity contribution in [2.75, 3.05) is 0 Å². The van der Waals surface area contributed by atoms with E-state index in [1.165, 1.54) is 0 Å². The second-order valence-electron chi connectivity index (χ2n) is 7.86. The lowest BCUT2D eigenvalue weighted by atomic mass is 9.75. The van der Waals surface area contributed by atoms with Gasteiger partial charge in [-0.1, -0.05) is 43.3 Å². The van der Waals surface area contributed by atoms with Crippen LogP contribution in [0.15, 0.2) is 42.5 Å². The van der Waals surface area contributed by atoms with Crippen LogP contribution in [0.5, 0.6) is 0 Å². The minimum atomic E-state index is -0.963. The van der Waals surface area contributed by atoms with Gasteiger partial charge >= 0.3 is 6.09 Å². The number of nitrogens with one attached hydrogen (secondary N) is 1. The van der Waals surface area contributed by atoms with Crippen LogP contribution in [0.25, 0.3) is 0 Å². The SMILES string of the molecule is CC(c1ccc2c(c1)C(=O)c1ccccc1C2=O)C1CCC(NC(=O)O)CC1. The van der Waals surface area contributed by atoms with Crippen LogP contribution in [0.3, 0.4) is 0 Å². The normalized spacial score (nSPS) is 22.2. The van der Waals surface area contributed by atoms with Crippen LogP contribution in [0.2, 0.25) is 0 Å². The molecule has 0 radical (unpaired) electrons. The number of carbonyl (C=O) groups excluding carboxylic acids is 2. The van der Waals surface area contributed by atoms with Crippen LogP contribution in [-0.4, -0.2) is 28.8 Å². The Morgan fingerprint density at radius 3 is 2.11 bits per heavy atom. The molecule has 1 saturated carbocycles. The Bertz CT molecular complexity index is 957. The molecule has 0 aromatic heterocycles. The summed E-state index contributed by atoms with van der Waals surface area (Å²) in [7, 11) is 0. The van der Waals surface area contributed by atoms with Crippen molar-refractivity contribution in [3.8, 4) is 0 Å². The number of fused-ring (bicyclic) bond motifs is 2. The number of amides is 1. The van der Waals surface area contributed by atoms with Gasteiger partial charge in [0.05, 0.1) is 0 Å². The molecule has 2 aromatic carbocycles. The van der Waals surface area contributed by atoms with Crippen molar-refractivity contribution in [3.63, 3.8) is 0 Å². The van der Waals surface area contributed by atoms with Crippen molar-refractivity contribution < 1.29 is 19.5 Å². The molecule has 0 saturated heterocycles. The van der Waals surface area contributed by atoms with Crippen molar-refractivity contribution in [2.45, 2.75) is 44.6 Å². The average Bonchev–Trinajstić information content (AvgIpc) is 2.71. The molecule has 5 heteroatoms. The zero-order valence-electron chi connectivity index (χ0n) is 15.8. The van der Waals surface area contributed by atoms with Crippen LogP contribution in [-0.2, 0) is 0 Å².